The van der Waals surface area contributed by atoms with Crippen molar-refractivity contribution in [3.63, 3.8) is 0 Å². The van der Waals surface area contributed by atoms with Crippen molar-refractivity contribution in [2.75, 3.05) is 0 Å². The third kappa shape index (κ3) is 2.41. The third-order valence-corrected chi connectivity index (χ3v) is 4.38. The van der Waals surface area contributed by atoms with Crippen molar-refractivity contribution < 1.29 is 0 Å². The summed E-state index contributed by atoms with van der Waals surface area (Å²) in [6.45, 7) is 0.532. The van der Waals surface area contributed by atoms with Gasteiger partial charge in [0.1, 0.15) is 0 Å². The minimum Gasteiger partial charge on any atom is -0.326 e. The average Bonchev–Trinajstić information content (AvgIpc) is 2.37. The first kappa shape index (κ1) is 12.7. The zero-order chi connectivity index (χ0) is 13.2. The van der Waals surface area contributed by atoms with Crippen LogP contribution >= 0.6 is 11.6 Å². The highest BCUT2D eigenvalue weighted by atomic mass is 35.5. The highest BCUT2D eigenvalue weighted by Crippen LogP contribution is 2.42. The first-order valence-electron chi connectivity index (χ1n) is 6.87. The number of benzene rings is 2. The van der Waals surface area contributed by atoms with Crippen LogP contribution in [0.2, 0.25) is 5.02 Å². The van der Waals surface area contributed by atoms with Gasteiger partial charge in [0, 0.05) is 17.1 Å². The largest absolute Gasteiger partial charge is 0.326 e. The number of rotatable bonds is 3. The van der Waals surface area contributed by atoms with Crippen LogP contribution in [0.1, 0.15) is 36.3 Å². The van der Waals surface area contributed by atoms with Gasteiger partial charge < -0.3 is 5.73 Å². The minimum absolute atomic E-state index is 0.532. The molecule has 0 unspecified atom stereocenters. The van der Waals surface area contributed by atoms with Gasteiger partial charge in [-0.3, -0.25) is 0 Å². The molecule has 0 amide bonds. The van der Waals surface area contributed by atoms with Crippen LogP contribution in [-0.2, 0) is 6.54 Å². The fourth-order valence-electron chi connectivity index (χ4n) is 2.72. The van der Waals surface area contributed by atoms with Crippen LogP contribution in [-0.4, -0.2) is 0 Å². The lowest BCUT2D eigenvalue weighted by atomic mass is 9.77. The van der Waals surface area contributed by atoms with E-state index in [9.17, 15) is 0 Å². The van der Waals surface area contributed by atoms with Crippen molar-refractivity contribution in [2.45, 2.75) is 31.7 Å². The van der Waals surface area contributed by atoms with Crippen LogP contribution < -0.4 is 5.73 Å². The molecule has 1 nitrogen and oxygen atoms in total. The van der Waals surface area contributed by atoms with Crippen LogP contribution in [0.25, 0.3) is 11.1 Å². The van der Waals surface area contributed by atoms with Crippen LogP contribution in [0.5, 0.6) is 0 Å². The van der Waals surface area contributed by atoms with Crippen LogP contribution in [0.4, 0.5) is 0 Å². The quantitative estimate of drug-likeness (QED) is 0.858. The van der Waals surface area contributed by atoms with Crippen LogP contribution in [0, 0.1) is 0 Å². The van der Waals surface area contributed by atoms with Crippen LogP contribution in [0.3, 0.4) is 0 Å². The number of hydrogen-bond acceptors (Lipinski definition) is 1. The summed E-state index contributed by atoms with van der Waals surface area (Å²) >= 11 is 6.42. The molecule has 19 heavy (non-hydrogen) atoms. The topological polar surface area (TPSA) is 26.0 Å². The molecule has 0 atom stereocenters. The summed E-state index contributed by atoms with van der Waals surface area (Å²) in [4.78, 5) is 0. The van der Waals surface area contributed by atoms with Crippen molar-refractivity contribution in [3.8, 4) is 11.1 Å². The standard InChI is InChI=1S/C17H18ClN/c18-17-10-12(11-19)8-9-16(17)15-7-2-1-6-14(15)13-4-3-5-13/h1-2,6-10,13H,3-5,11,19H2. The van der Waals surface area contributed by atoms with Crippen molar-refractivity contribution in [2.24, 2.45) is 5.73 Å². The number of hydrogen-bond donors (Lipinski definition) is 1. The zero-order valence-corrected chi connectivity index (χ0v) is 11.7. The summed E-state index contributed by atoms with van der Waals surface area (Å²) < 4.78 is 0. The van der Waals surface area contributed by atoms with Gasteiger partial charge in [0.25, 0.3) is 0 Å². The van der Waals surface area contributed by atoms with E-state index < -0.39 is 0 Å². The summed E-state index contributed by atoms with van der Waals surface area (Å²) in [5.41, 5.74) is 10.6. The molecular weight excluding hydrogens is 254 g/mol. The molecule has 0 aromatic heterocycles. The molecule has 1 saturated carbocycles. The molecule has 2 heteroatoms. The van der Waals surface area contributed by atoms with Gasteiger partial charge in [0.2, 0.25) is 0 Å². The van der Waals surface area contributed by atoms with Gasteiger partial charge in [0.05, 0.1) is 0 Å². The lowest BCUT2D eigenvalue weighted by Crippen LogP contribution is -2.10. The second-order valence-corrected chi connectivity index (χ2v) is 5.64. The number of nitrogens with two attached hydrogens (primary N) is 1. The summed E-state index contributed by atoms with van der Waals surface area (Å²) in [5.74, 6) is 0.710. The smallest absolute Gasteiger partial charge is 0.0487 e. The monoisotopic (exact) mass is 271 g/mol. The maximum atomic E-state index is 6.42. The predicted molar refractivity (Wildman–Crippen MR) is 81.4 cm³/mol. The van der Waals surface area contributed by atoms with E-state index in [1.807, 2.05) is 6.07 Å². The maximum absolute atomic E-state index is 6.42. The zero-order valence-electron chi connectivity index (χ0n) is 10.9. The Balaban J connectivity index is 2.06. The maximum Gasteiger partial charge on any atom is 0.0487 e. The Morgan fingerprint density at radius 1 is 1.05 bits per heavy atom. The average molecular weight is 272 g/mol. The van der Waals surface area contributed by atoms with Gasteiger partial charge in [-0.05, 0) is 41.5 Å². The molecule has 0 aliphatic heterocycles. The molecule has 1 aliphatic rings. The number of halogens is 1. The Labute approximate surface area is 119 Å². The Morgan fingerprint density at radius 2 is 1.84 bits per heavy atom. The Morgan fingerprint density at radius 3 is 2.47 bits per heavy atom. The van der Waals surface area contributed by atoms with Crippen molar-refractivity contribution in [1.29, 1.82) is 0 Å². The molecule has 1 fully saturated rings. The fraction of sp³-hybridized carbons (Fsp3) is 0.294. The van der Waals surface area contributed by atoms with E-state index in [1.165, 1.54) is 30.4 Å². The molecule has 0 spiro atoms. The summed E-state index contributed by atoms with van der Waals surface area (Å²) in [7, 11) is 0. The lowest BCUT2D eigenvalue weighted by Gasteiger charge is -2.28. The van der Waals surface area contributed by atoms with E-state index in [1.54, 1.807) is 0 Å². The van der Waals surface area contributed by atoms with Gasteiger partial charge in [-0.1, -0.05) is 54.4 Å². The first-order valence-corrected chi connectivity index (χ1v) is 7.25. The molecule has 98 valence electrons. The first-order chi connectivity index (χ1) is 9.29. The highest BCUT2D eigenvalue weighted by Gasteiger charge is 2.22. The van der Waals surface area contributed by atoms with Crippen LogP contribution in [0.15, 0.2) is 42.5 Å². The molecule has 0 heterocycles. The molecule has 2 aromatic rings. The molecule has 0 bridgehead atoms. The van der Waals surface area contributed by atoms with E-state index in [0.29, 0.717) is 12.5 Å². The minimum atomic E-state index is 0.532. The third-order valence-electron chi connectivity index (χ3n) is 4.07. The Hall–Kier alpha value is -1.31. The van der Waals surface area contributed by atoms with E-state index >= 15 is 0 Å². The summed E-state index contributed by atoms with van der Waals surface area (Å²) in [6.07, 6.45) is 3.95. The second-order valence-electron chi connectivity index (χ2n) is 5.23. The molecule has 2 N–H and O–H groups in total. The molecule has 2 aromatic carbocycles. The molecule has 0 saturated heterocycles. The molecule has 0 radical (unpaired) electrons. The normalized spacial score (nSPS) is 15.3. The summed E-state index contributed by atoms with van der Waals surface area (Å²) in [6, 6.07) is 14.8. The van der Waals surface area contributed by atoms with E-state index in [0.717, 1.165) is 16.1 Å². The Kier molecular flexibility index (Phi) is 3.58. The second kappa shape index (κ2) is 5.36. The summed E-state index contributed by atoms with van der Waals surface area (Å²) in [5, 5.41) is 0.801. The SMILES string of the molecule is NCc1ccc(-c2ccccc2C2CCC2)c(Cl)c1. The van der Waals surface area contributed by atoms with E-state index in [-0.39, 0.29) is 0 Å². The molecule has 3 rings (SSSR count). The molecular formula is C17H18ClN. The van der Waals surface area contributed by atoms with E-state index in [4.69, 9.17) is 17.3 Å². The van der Waals surface area contributed by atoms with Crippen molar-refractivity contribution >= 4 is 11.6 Å². The predicted octanol–water partition coefficient (Wildman–Crippen LogP) is 4.73. The lowest BCUT2D eigenvalue weighted by molar-refractivity contribution is 0.420. The van der Waals surface area contributed by atoms with E-state index in [2.05, 4.69) is 36.4 Å². The van der Waals surface area contributed by atoms with Crippen molar-refractivity contribution in [3.05, 3.63) is 58.6 Å². The van der Waals surface area contributed by atoms with Gasteiger partial charge >= 0.3 is 0 Å². The van der Waals surface area contributed by atoms with Gasteiger partial charge in [0.15, 0.2) is 0 Å². The highest BCUT2D eigenvalue weighted by molar-refractivity contribution is 6.33. The van der Waals surface area contributed by atoms with Gasteiger partial charge in [-0.2, -0.15) is 0 Å². The Bertz CT molecular complexity index is 588. The van der Waals surface area contributed by atoms with Crippen molar-refractivity contribution in [1.82, 2.24) is 0 Å². The van der Waals surface area contributed by atoms with Gasteiger partial charge in [-0.15, -0.1) is 0 Å². The van der Waals surface area contributed by atoms with Gasteiger partial charge in [-0.25, -0.2) is 0 Å². The molecule has 1 aliphatic carbocycles. The fourth-order valence-corrected chi connectivity index (χ4v) is 3.03.